The van der Waals surface area contributed by atoms with Gasteiger partial charge in [-0.2, -0.15) is 5.17 Å². The van der Waals surface area contributed by atoms with E-state index in [-0.39, 0.29) is 0 Å². The van der Waals surface area contributed by atoms with Gasteiger partial charge in [0, 0.05) is 5.56 Å². The highest BCUT2D eigenvalue weighted by Crippen LogP contribution is 2.28. The second kappa shape index (κ2) is 2.63. The van der Waals surface area contributed by atoms with Crippen molar-refractivity contribution in [2.45, 2.75) is 6.54 Å². The summed E-state index contributed by atoms with van der Waals surface area (Å²) in [6, 6.07) is 6.52. The van der Waals surface area contributed by atoms with Gasteiger partial charge in [0.1, 0.15) is 0 Å². The monoisotopic (exact) mass is 179 g/mol. The summed E-state index contributed by atoms with van der Waals surface area (Å²) >= 11 is 0. The smallest absolute Gasteiger partial charge is 0.335 e. The summed E-state index contributed by atoms with van der Waals surface area (Å²) in [6.07, 6.45) is 0. The lowest BCUT2D eigenvalue weighted by molar-refractivity contribution is 0.101. The van der Waals surface area contributed by atoms with Crippen molar-refractivity contribution in [2.75, 3.05) is 5.17 Å². The van der Waals surface area contributed by atoms with Gasteiger partial charge in [0.2, 0.25) is 0 Å². The van der Waals surface area contributed by atoms with Crippen LogP contribution in [-0.2, 0) is 6.54 Å². The third kappa shape index (κ3) is 1.09. The van der Waals surface area contributed by atoms with E-state index in [1.807, 2.05) is 12.1 Å². The number of fused-ring (bicyclic) bond motifs is 1. The molecule has 0 aliphatic carbocycles. The van der Waals surface area contributed by atoms with E-state index in [9.17, 15) is 10.0 Å². The summed E-state index contributed by atoms with van der Waals surface area (Å²) < 4.78 is 0. The highest BCUT2D eigenvalue weighted by molar-refractivity contribution is 5.76. The van der Waals surface area contributed by atoms with E-state index >= 15 is 0 Å². The number of urea groups is 1. The van der Waals surface area contributed by atoms with E-state index in [1.54, 1.807) is 12.1 Å². The standard InChI is InChI=1S/C8H9N3O2/c9-8(12)10-5-6-3-1-2-4-7(6)11(10)13/h1-4,13H,5H2,(H2,9,12). The lowest BCUT2D eigenvalue weighted by atomic mass is 10.2. The minimum atomic E-state index is -0.668. The van der Waals surface area contributed by atoms with Gasteiger partial charge in [-0.25, -0.2) is 9.80 Å². The number of benzene rings is 1. The van der Waals surface area contributed by atoms with Crippen LogP contribution < -0.4 is 10.9 Å². The van der Waals surface area contributed by atoms with Crippen LogP contribution in [0, 0.1) is 0 Å². The zero-order valence-electron chi connectivity index (χ0n) is 6.84. The van der Waals surface area contributed by atoms with E-state index in [0.29, 0.717) is 12.2 Å². The number of hydrazine groups is 1. The molecule has 0 saturated heterocycles. The molecule has 2 amide bonds. The molecule has 0 bridgehead atoms. The van der Waals surface area contributed by atoms with Gasteiger partial charge in [-0.15, -0.1) is 0 Å². The van der Waals surface area contributed by atoms with Crippen molar-refractivity contribution in [1.82, 2.24) is 5.01 Å². The van der Waals surface area contributed by atoms with Crippen LogP contribution in [0.1, 0.15) is 5.56 Å². The molecule has 1 aliphatic heterocycles. The maximum absolute atomic E-state index is 10.8. The van der Waals surface area contributed by atoms with Gasteiger partial charge in [-0.1, -0.05) is 18.2 Å². The van der Waals surface area contributed by atoms with E-state index in [2.05, 4.69) is 0 Å². The molecule has 1 heterocycles. The molecule has 0 aromatic heterocycles. The minimum absolute atomic E-state index is 0.321. The van der Waals surface area contributed by atoms with Gasteiger partial charge in [-0.3, -0.25) is 5.21 Å². The Hall–Kier alpha value is -1.75. The average molecular weight is 179 g/mol. The lowest BCUT2D eigenvalue weighted by Gasteiger charge is -2.20. The van der Waals surface area contributed by atoms with Crippen LogP contribution in [0.2, 0.25) is 0 Å². The molecule has 1 aromatic carbocycles. The normalized spacial score (nSPS) is 14.5. The number of nitrogens with two attached hydrogens (primary N) is 1. The molecule has 0 fully saturated rings. The molecule has 0 spiro atoms. The zero-order chi connectivity index (χ0) is 9.42. The molecule has 0 saturated carbocycles. The van der Waals surface area contributed by atoms with Gasteiger partial charge < -0.3 is 5.73 Å². The van der Waals surface area contributed by atoms with Gasteiger partial charge in [0.15, 0.2) is 0 Å². The van der Waals surface area contributed by atoms with Crippen molar-refractivity contribution in [2.24, 2.45) is 5.73 Å². The maximum atomic E-state index is 10.8. The summed E-state index contributed by atoms with van der Waals surface area (Å²) in [5.74, 6) is 0. The highest BCUT2D eigenvalue weighted by Gasteiger charge is 2.27. The first-order valence-corrected chi connectivity index (χ1v) is 3.84. The zero-order valence-corrected chi connectivity index (χ0v) is 6.84. The SMILES string of the molecule is NC(=O)N1Cc2ccccc2N1O. The predicted molar refractivity (Wildman–Crippen MR) is 45.8 cm³/mol. The molecule has 1 aromatic rings. The number of hydrogen-bond acceptors (Lipinski definition) is 3. The van der Waals surface area contributed by atoms with Crippen LogP contribution in [0.5, 0.6) is 0 Å². The van der Waals surface area contributed by atoms with Crippen LogP contribution in [0.25, 0.3) is 0 Å². The summed E-state index contributed by atoms with van der Waals surface area (Å²) in [5, 5.41) is 11.3. The fourth-order valence-corrected chi connectivity index (χ4v) is 1.37. The van der Waals surface area contributed by atoms with E-state index < -0.39 is 6.03 Å². The number of hydrogen-bond donors (Lipinski definition) is 2. The van der Waals surface area contributed by atoms with Gasteiger partial charge in [0.05, 0.1) is 12.2 Å². The Bertz CT molecular complexity index is 353. The highest BCUT2D eigenvalue weighted by atomic mass is 16.6. The molecule has 0 radical (unpaired) electrons. The molecule has 0 unspecified atom stereocenters. The van der Waals surface area contributed by atoms with Crippen molar-refractivity contribution in [1.29, 1.82) is 0 Å². The van der Waals surface area contributed by atoms with Crippen LogP contribution in [0.3, 0.4) is 0 Å². The van der Waals surface area contributed by atoms with E-state index in [0.717, 1.165) is 15.7 Å². The summed E-state index contributed by atoms with van der Waals surface area (Å²) in [4.78, 5) is 10.8. The maximum Gasteiger partial charge on any atom is 0.335 e. The van der Waals surface area contributed by atoms with Crippen molar-refractivity contribution < 1.29 is 10.0 Å². The number of nitrogens with zero attached hydrogens (tertiary/aromatic N) is 2. The molecule has 5 heteroatoms. The Labute approximate surface area is 74.9 Å². The number of primary amides is 1. The number of para-hydroxylation sites is 1. The Morgan fingerprint density at radius 2 is 2.15 bits per heavy atom. The topological polar surface area (TPSA) is 69.8 Å². The van der Waals surface area contributed by atoms with E-state index in [1.165, 1.54) is 0 Å². The molecule has 0 atom stereocenters. The lowest BCUT2D eigenvalue weighted by Crippen LogP contribution is -2.43. The number of amides is 2. The molecular formula is C8H9N3O2. The van der Waals surface area contributed by atoms with Gasteiger partial charge in [-0.05, 0) is 6.07 Å². The third-order valence-electron chi connectivity index (χ3n) is 2.01. The molecule has 5 nitrogen and oxygen atoms in total. The van der Waals surface area contributed by atoms with Crippen molar-refractivity contribution in [3.05, 3.63) is 29.8 Å². The van der Waals surface area contributed by atoms with Gasteiger partial charge >= 0.3 is 6.03 Å². The van der Waals surface area contributed by atoms with Crippen LogP contribution >= 0.6 is 0 Å². The Balaban J connectivity index is 2.38. The number of rotatable bonds is 0. The fourth-order valence-electron chi connectivity index (χ4n) is 1.37. The molecule has 13 heavy (non-hydrogen) atoms. The number of carbonyl (C=O) groups is 1. The third-order valence-corrected chi connectivity index (χ3v) is 2.01. The fraction of sp³-hybridized carbons (Fsp3) is 0.125. The first-order chi connectivity index (χ1) is 6.20. The summed E-state index contributed by atoms with van der Waals surface area (Å²) in [5.41, 5.74) is 6.53. The van der Waals surface area contributed by atoms with Crippen LogP contribution in [0.4, 0.5) is 10.5 Å². The van der Waals surface area contributed by atoms with Crippen LogP contribution in [-0.4, -0.2) is 16.2 Å². The molecular weight excluding hydrogens is 170 g/mol. The minimum Gasteiger partial charge on any atom is -0.350 e. The predicted octanol–water partition coefficient (Wildman–Crippen LogP) is 0.692. The van der Waals surface area contributed by atoms with E-state index in [4.69, 9.17) is 5.73 Å². The quantitative estimate of drug-likeness (QED) is 0.615. The Kier molecular flexibility index (Phi) is 1.60. The largest absolute Gasteiger partial charge is 0.350 e. The van der Waals surface area contributed by atoms with Crippen LogP contribution in [0.15, 0.2) is 24.3 Å². The molecule has 68 valence electrons. The summed E-state index contributed by atoms with van der Waals surface area (Å²) in [7, 11) is 0. The number of anilines is 1. The first-order valence-electron chi connectivity index (χ1n) is 3.84. The molecule has 1 aliphatic rings. The van der Waals surface area contributed by atoms with Crippen molar-refractivity contribution in [3.63, 3.8) is 0 Å². The Morgan fingerprint density at radius 1 is 1.46 bits per heavy atom. The van der Waals surface area contributed by atoms with Crippen molar-refractivity contribution in [3.8, 4) is 0 Å². The average Bonchev–Trinajstić information content (AvgIpc) is 2.45. The molecule has 3 N–H and O–H groups in total. The molecule has 2 rings (SSSR count). The van der Waals surface area contributed by atoms with Crippen molar-refractivity contribution >= 4 is 11.7 Å². The summed E-state index contributed by atoms with van der Waals surface area (Å²) in [6.45, 7) is 0.321. The first kappa shape index (κ1) is 7.88. The second-order valence-corrected chi connectivity index (χ2v) is 2.81. The second-order valence-electron chi connectivity index (χ2n) is 2.81. The Morgan fingerprint density at radius 3 is 2.77 bits per heavy atom. The van der Waals surface area contributed by atoms with Gasteiger partial charge in [0.25, 0.3) is 0 Å². The number of carbonyl (C=O) groups excluding carboxylic acids is 1.